The van der Waals surface area contributed by atoms with Crippen LogP contribution in [0.3, 0.4) is 0 Å². The highest BCUT2D eigenvalue weighted by atomic mass is 15.3. The van der Waals surface area contributed by atoms with Crippen molar-refractivity contribution in [2.45, 2.75) is 27.3 Å². The molecule has 0 saturated carbocycles. The minimum atomic E-state index is 0.0137. The number of amidine groups is 1. The molecular weight excluding hydrogens is 166 g/mol. The predicted octanol–water partition coefficient (Wildman–Crippen LogP) is 0.467. The molecule has 0 bridgehead atoms. The molecule has 1 aromatic rings. The van der Waals surface area contributed by atoms with Crippen molar-refractivity contribution < 1.29 is 0 Å². The van der Waals surface area contributed by atoms with E-state index in [2.05, 4.69) is 10.1 Å². The van der Waals surface area contributed by atoms with Gasteiger partial charge >= 0.3 is 0 Å². The lowest BCUT2D eigenvalue weighted by atomic mass is 10.1. The monoisotopic (exact) mass is 181 g/mol. The first-order valence-electron chi connectivity index (χ1n) is 4.22. The van der Waals surface area contributed by atoms with Gasteiger partial charge < -0.3 is 5.73 Å². The highest BCUT2D eigenvalue weighted by Gasteiger charge is 2.09. The summed E-state index contributed by atoms with van der Waals surface area (Å²) < 4.78 is 1.78. The summed E-state index contributed by atoms with van der Waals surface area (Å²) in [4.78, 5) is 4.16. The first-order valence-corrected chi connectivity index (χ1v) is 4.22. The van der Waals surface area contributed by atoms with E-state index in [0.29, 0.717) is 6.54 Å². The fourth-order valence-corrected chi connectivity index (χ4v) is 1.09. The Balaban J connectivity index is 2.74. The van der Waals surface area contributed by atoms with Crippen LogP contribution in [0.1, 0.15) is 18.6 Å². The van der Waals surface area contributed by atoms with Crippen molar-refractivity contribution in [3.63, 3.8) is 0 Å². The normalized spacial score (nSPS) is 12.8. The van der Waals surface area contributed by atoms with E-state index in [4.69, 9.17) is 11.1 Å². The van der Waals surface area contributed by atoms with Crippen LogP contribution in [-0.4, -0.2) is 20.6 Å². The van der Waals surface area contributed by atoms with Crippen LogP contribution in [0, 0.1) is 25.2 Å². The topological polar surface area (TPSA) is 80.6 Å². The van der Waals surface area contributed by atoms with Gasteiger partial charge in [-0.05, 0) is 13.8 Å². The Hall–Kier alpha value is -1.39. The Morgan fingerprint density at radius 2 is 2.23 bits per heavy atom. The molecule has 0 saturated heterocycles. The lowest BCUT2D eigenvalue weighted by Crippen LogP contribution is -2.24. The lowest BCUT2D eigenvalue weighted by Gasteiger charge is -2.09. The van der Waals surface area contributed by atoms with Gasteiger partial charge in [-0.2, -0.15) is 5.10 Å². The van der Waals surface area contributed by atoms with Gasteiger partial charge in [-0.15, -0.1) is 0 Å². The third-order valence-electron chi connectivity index (χ3n) is 1.94. The molecule has 13 heavy (non-hydrogen) atoms. The van der Waals surface area contributed by atoms with Gasteiger partial charge in [0.25, 0.3) is 0 Å². The molecule has 1 heterocycles. The van der Waals surface area contributed by atoms with E-state index in [9.17, 15) is 0 Å². The number of nitrogens with zero attached hydrogens (tertiary/aromatic N) is 3. The average Bonchev–Trinajstić information content (AvgIpc) is 2.30. The summed E-state index contributed by atoms with van der Waals surface area (Å²) in [6, 6.07) is 0. The van der Waals surface area contributed by atoms with Crippen LogP contribution in [0.2, 0.25) is 0 Å². The highest BCUT2D eigenvalue weighted by molar-refractivity contribution is 5.79. The summed E-state index contributed by atoms with van der Waals surface area (Å²) in [5.41, 5.74) is 5.36. The van der Waals surface area contributed by atoms with E-state index in [1.807, 2.05) is 20.8 Å². The van der Waals surface area contributed by atoms with Gasteiger partial charge in [-0.1, -0.05) is 6.92 Å². The van der Waals surface area contributed by atoms with Crippen LogP contribution in [0.15, 0.2) is 0 Å². The molecule has 0 aliphatic carbocycles. The SMILES string of the molecule is Cc1nc(C)n(CC(C)C(=N)N)n1. The minimum Gasteiger partial charge on any atom is -0.387 e. The third kappa shape index (κ3) is 2.27. The maximum atomic E-state index is 7.24. The number of nitrogens with two attached hydrogens (primary N) is 1. The highest BCUT2D eigenvalue weighted by Crippen LogP contribution is 2.02. The maximum absolute atomic E-state index is 7.24. The second-order valence-electron chi connectivity index (χ2n) is 3.24. The molecule has 0 radical (unpaired) electrons. The van der Waals surface area contributed by atoms with Crippen molar-refractivity contribution in [2.24, 2.45) is 11.7 Å². The number of aromatic nitrogens is 3. The molecule has 0 amide bonds. The van der Waals surface area contributed by atoms with Crippen LogP contribution in [0.5, 0.6) is 0 Å². The molecular formula is C8H15N5. The van der Waals surface area contributed by atoms with Crippen LogP contribution in [0.25, 0.3) is 0 Å². The first kappa shape index (κ1) is 9.70. The second kappa shape index (κ2) is 3.55. The van der Waals surface area contributed by atoms with Crippen LogP contribution >= 0.6 is 0 Å². The molecule has 1 unspecified atom stereocenters. The van der Waals surface area contributed by atoms with Crippen molar-refractivity contribution in [1.82, 2.24) is 14.8 Å². The second-order valence-corrected chi connectivity index (χ2v) is 3.24. The van der Waals surface area contributed by atoms with E-state index in [1.54, 1.807) is 4.68 Å². The summed E-state index contributed by atoms with van der Waals surface area (Å²) in [7, 11) is 0. The minimum absolute atomic E-state index is 0.0137. The predicted molar refractivity (Wildman–Crippen MR) is 50.6 cm³/mol. The van der Waals surface area contributed by atoms with Gasteiger partial charge in [-0.3, -0.25) is 5.41 Å². The number of hydrogen-bond donors (Lipinski definition) is 2. The fraction of sp³-hybridized carbons (Fsp3) is 0.625. The van der Waals surface area contributed by atoms with Crippen molar-refractivity contribution in [3.05, 3.63) is 11.6 Å². The Morgan fingerprint density at radius 1 is 1.62 bits per heavy atom. The number of nitrogens with one attached hydrogen (secondary N) is 1. The van der Waals surface area contributed by atoms with Gasteiger partial charge in [0.2, 0.25) is 0 Å². The number of aryl methyl sites for hydroxylation is 2. The van der Waals surface area contributed by atoms with Crippen molar-refractivity contribution >= 4 is 5.84 Å². The molecule has 0 aliphatic rings. The smallest absolute Gasteiger partial charge is 0.147 e. The van der Waals surface area contributed by atoms with Crippen LogP contribution < -0.4 is 5.73 Å². The number of hydrogen-bond acceptors (Lipinski definition) is 3. The Bertz CT molecular complexity index is 314. The van der Waals surface area contributed by atoms with Gasteiger partial charge in [0, 0.05) is 5.92 Å². The zero-order valence-electron chi connectivity index (χ0n) is 8.20. The Kier molecular flexibility index (Phi) is 2.65. The first-order chi connectivity index (χ1) is 6.00. The largest absolute Gasteiger partial charge is 0.387 e. The van der Waals surface area contributed by atoms with Crippen molar-refractivity contribution in [2.75, 3.05) is 0 Å². The summed E-state index contributed by atoms with van der Waals surface area (Å²) in [6.45, 7) is 6.27. The summed E-state index contributed by atoms with van der Waals surface area (Å²) in [6.07, 6.45) is 0. The average molecular weight is 181 g/mol. The Morgan fingerprint density at radius 3 is 2.62 bits per heavy atom. The fourth-order valence-electron chi connectivity index (χ4n) is 1.09. The molecule has 0 aromatic carbocycles. The molecule has 5 nitrogen and oxygen atoms in total. The van der Waals surface area contributed by atoms with E-state index in [1.165, 1.54) is 0 Å². The van der Waals surface area contributed by atoms with Crippen LogP contribution in [0.4, 0.5) is 0 Å². The van der Waals surface area contributed by atoms with E-state index >= 15 is 0 Å². The van der Waals surface area contributed by atoms with Gasteiger partial charge in [0.05, 0.1) is 12.4 Å². The van der Waals surface area contributed by atoms with Crippen molar-refractivity contribution in [1.29, 1.82) is 5.41 Å². The standard InChI is InChI=1S/C8H15N5/c1-5(8(9)10)4-13-7(3)11-6(2)12-13/h5H,4H2,1-3H3,(H3,9,10). The molecule has 72 valence electrons. The molecule has 1 rings (SSSR count). The van der Waals surface area contributed by atoms with Gasteiger partial charge in [-0.25, -0.2) is 9.67 Å². The molecule has 3 N–H and O–H groups in total. The summed E-state index contributed by atoms with van der Waals surface area (Å²) in [5, 5.41) is 11.4. The summed E-state index contributed by atoms with van der Waals surface area (Å²) >= 11 is 0. The Labute approximate surface area is 77.5 Å². The molecule has 0 aliphatic heterocycles. The quantitative estimate of drug-likeness (QED) is 0.525. The van der Waals surface area contributed by atoms with E-state index in [0.717, 1.165) is 11.6 Å². The van der Waals surface area contributed by atoms with Crippen LogP contribution in [-0.2, 0) is 6.54 Å². The lowest BCUT2D eigenvalue weighted by molar-refractivity contribution is 0.521. The zero-order valence-corrected chi connectivity index (χ0v) is 8.20. The molecule has 1 atom stereocenters. The summed E-state index contributed by atoms with van der Waals surface area (Å²) in [5.74, 6) is 1.83. The molecule has 5 heteroatoms. The van der Waals surface area contributed by atoms with E-state index < -0.39 is 0 Å². The molecule has 1 aromatic heterocycles. The maximum Gasteiger partial charge on any atom is 0.147 e. The molecule has 0 fully saturated rings. The third-order valence-corrected chi connectivity index (χ3v) is 1.94. The van der Waals surface area contributed by atoms with Gasteiger partial charge in [0.1, 0.15) is 11.6 Å². The van der Waals surface area contributed by atoms with E-state index in [-0.39, 0.29) is 11.8 Å². The zero-order chi connectivity index (χ0) is 10.0. The number of rotatable bonds is 3. The van der Waals surface area contributed by atoms with Crippen molar-refractivity contribution in [3.8, 4) is 0 Å². The molecule has 0 spiro atoms. The van der Waals surface area contributed by atoms with Gasteiger partial charge in [0.15, 0.2) is 0 Å².